The molecule has 0 bridgehead atoms. The lowest BCUT2D eigenvalue weighted by atomic mass is 10.0. The molecule has 1 atom stereocenters. The maximum atomic E-state index is 12.5. The lowest BCUT2D eigenvalue weighted by Crippen LogP contribution is -2.35. The van der Waals surface area contributed by atoms with Gasteiger partial charge in [0.2, 0.25) is 0 Å². The number of rotatable bonds is 8. The molecule has 10 heteroatoms. The molecule has 3 aromatic rings. The smallest absolute Gasteiger partial charge is 0.319 e. The van der Waals surface area contributed by atoms with Gasteiger partial charge in [-0.05, 0) is 35.9 Å². The minimum absolute atomic E-state index is 0.320. The number of methoxy groups -OCH3 is 1. The van der Waals surface area contributed by atoms with Gasteiger partial charge in [-0.15, -0.1) is 0 Å². The maximum absolute atomic E-state index is 12.5. The summed E-state index contributed by atoms with van der Waals surface area (Å²) in [5.41, 5.74) is -0.475. The summed E-state index contributed by atoms with van der Waals surface area (Å²) in [7, 11) is 2.98. The Kier molecular flexibility index (Phi) is 7.19. The van der Waals surface area contributed by atoms with Gasteiger partial charge in [-0.25, -0.2) is 4.79 Å². The van der Waals surface area contributed by atoms with Gasteiger partial charge in [0.05, 0.1) is 19.6 Å². The zero-order valence-corrected chi connectivity index (χ0v) is 17.9. The van der Waals surface area contributed by atoms with Gasteiger partial charge >= 0.3 is 12.0 Å². The minimum atomic E-state index is -1.14. The van der Waals surface area contributed by atoms with Gasteiger partial charge < -0.3 is 34.9 Å². The van der Waals surface area contributed by atoms with Gasteiger partial charge in [0.15, 0.2) is 17.2 Å². The van der Waals surface area contributed by atoms with Crippen LogP contribution in [0, 0.1) is 0 Å². The van der Waals surface area contributed by atoms with Crippen LogP contribution in [0.4, 0.5) is 10.5 Å². The molecule has 0 aliphatic carbocycles. The van der Waals surface area contributed by atoms with Crippen molar-refractivity contribution in [2.45, 2.75) is 12.5 Å². The number of aromatic nitrogens is 1. The molecule has 0 saturated carbocycles. The number of carboxylic acids is 1. The van der Waals surface area contributed by atoms with Crippen LogP contribution in [-0.2, 0) is 11.8 Å². The second-order valence-corrected chi connectivity index (χ2v) is 7.07. The highest BCUT2D eigenvalue weighted by atomic mass is 16.5. The minimum Gasteiger partial charge on any atom is -0.505 e. The monoisotopic (exact) mass is 453 g/mol. The van der Waals surface area contributed by atoms with Crippen molar-refractivity contribution >= 4 is 17.7 Å². The van der Waals surface area contributed by atoms with E-state index in [0.717, 1.165) is 0 Å². The van der Waals surface area contributed by atoms with Gasteiger partial charge in [0, 0.05) is 13.2 Å². The molecule has 4 N–H and O–H groups in total. The van der Waals surface area contributed by atoms with E-state index in [4.69, 9.17) is 9.47 Å². The Morgan fingerprint density at radius 3 is 2.52 bits per heavy atom. The number of aliphatic carboxylic acids is 1. The van der Waals surface area contributed by atoms with Crippen molar-refractivity contribution in [2.75, 3.05) is 12.4 Å². The SMILES string of the molecule is COc1ccccc1Oc1cccc([C@H](CC(=O)O)NC(=O)Nc2c(O)ccn(C)c2=O)c1. The molecule has 3 rings (SSSR count). The molecule has 0 unspecified atom stereocenters. The Hall–Kier alpha value is -4.47. The summed E-state index contributed by atoms with van der Waals surface area (Å²) in [4.78, 5) is 36.1. The average Bonchev–Trinajstić information content (AvgIpc) is 2.79. The lowest BCUT2D eigenvalue weighted by Gasteiger charge is -2.19. The Morgan fingerprint density at radius 1 is 1.09 bits per heavy atom. The van der Waals surface area contributed by atoms with Crippen LogP contribution in [0.15, 0.2) is 65.6 Å². The van der Waals surface area contributed by atoms with E-state index in [9.17, 15) is 24.6 Å². The van der Waals surface area contributed by atoms with Crippen molar-refractivity contribution in [3.8, 4) is 23.0 Å². The number of nitrogens with zero attached hydrogens (tertiary/aromatic N) is 1. The number of carbonyl (C=O) groups excluding carboxylic acids is 1. The Bertz CT molecular complexity index is 1220. The van der Waals surface area contributed by atoms with Crippen LogP contribution in [0.25, 0.3) is 0 Å². The molecule has 0 spiro atoms. The number of benzene rings is 2. The van der Waals surface area contributed by atoms with E-state index in [1.807, 2.05) is 0 Å². The van der Waals surface area contributed by atoms with Crippen LogP contribution in [0.3, 0.4) is 0 Å². The van der Waals surface area contributed by atoms with E-state index in [1.165, 1.54) is 31.0 Å². The zero-order chi connectivity index (χ0) is 24.0. The quantitative estimate of drug-likeness (QED) is 0.411. The molecule has 10 nitrogen and oxygen atoms in total. The first-order valence-corrected chi connectivity index (χ1v) is 9.87. The first-order valence-electron chi connectivity index (χ1n) is 9.87. The maximum Gasteiger partial charge on any atom is 0.319 e. The average molecular weight is 453 g/mol. The van der Waals surface area contributed by atoms with Crippen LogP contribution in [0.1, 0.15) is 18.0 Å². The molecule has 1 aromatic heterocycles. The summed E-state index contributed by atoms with van der Waals surface area (Å²) in [5, 5.41) is 24.1. The standard InChI is InChI=1S/C23H23N3O7/c1-26-11-10-17(27)21(22(26)30)25-23(31)24-16(13-20(28)29)14-6-5-7-15(12-14)33-19-9-4-3-8-18(19)32-2/h3-12,16,27H,13H2,1-2H3,(H,28,29)(H2,24,25,31)/t16-/m0/s1. The number of hydrogen-bond acceptors (Lipinski definition) is 6. The van der Waals surface area contributed by atoms with E-state index in [0.29, 0.717) is 22.8 Å². The molecule has 0 fully saturated rings. The zero-order valence-electron chi connectivity index (χ0n) is 17.9. The fourth-order valence-corrected chi connectivity index (χ4v) is 3.10. The molecule has 0 radical (unpaired) electrons. The van der Waals surface area contributed by atoms with Gasteiger partial charge in [-0.1, -0.05) is 24.3 Å². The number of ether oxygens (including phenoxy) is 2. The second kappa shape index (κ2) is 10.2. The van der Waals surface area contributed by atoms with E-state index in [1.54, 1.807) is 48.5 Å². The second-order valence-electron chi connectivity index (χ2n) is 7.07. The summed E-state index contributed by atoms with van der Waals surface area (Å²) in [5.74, 6) is -0.158. The molecule has 172 valence electrons. The van der Waals surface area contributed by atoms with E-state index in [2.05, 4.69) is 10.6 Å². The number of carboxylic acid groups (broad SMARTS) is 1. The topological polar surface area (TPSA) is 139 Å². The van der Waals surface area contributed by atoms with E-state index in [-0.39, 0.29) is 5.69 Å². The molecular formula is C23H23N3O7. The van der Waals surface area contributed by atoms with Crippen LogP contribution in [0.2, 0.25) is 0 Å². The Morgan fingerprint density at radius 2 is 1.82 bits per heavy atom. The number of anilines is 1. The number of nitrogens with one attached hydrogen (secondary N) is 2. The molecule has 2 aromatic carbocycles. The van der Waals surface area contributed by atoms with Gasteiger partial charge in [-0.2, -0.15) is 0 Å². The molecule has 0 aliphatic rings. The Balaban J connectivity index is 1.82. The molecule has 0 aliphatic heterocycles. The third-order valence-electron chi connectivity index (χ3n) is 4.73. The fraction of sp³-hybridized carbons (Fsp3) is 0.174. The third-order valence-corrected chi connectivity index (χ3v) is 4.73. The van der Waals surface area contributed by atoms with Crippen LogP contribution < -0.4 is 25.7 Å². The number of carbonyl (C=O) groups is 2. The predicted octanol–water partition coefficient (Wildman–Crippen LogP) is 3.23. The molecule has 33 heavy (non-hydrogen) atoms. The molecular weight excluding hydrogens is 430 g/mol. The summed E-state index contributed by atoms with van der Waals surface area (Å²) < 4.78 is 12.3. The lowest BCUT2D eigenvalue weighted by molar-refractivity contribution is -0.137. The molecule has 1 heterocycles. The Labute approximate surface area is 189 Å². The largest absolute Gasteiger partial charge is 0.505 e. The highest BCUT2D eigenvalue weighted by Gasteiger charge is 2.21. The van der Waals surface area contributed by atoms with Crippen molar-refractivity contribution in [1.29, 1.82) is 0 Å². The first-order chi connectivity index (χ1) is 15.8. The predicted molar refractivity (Wildman–Crippen MR) is 120 cm³/mol. The van der Waals surface area contributed by atoms with Crippen LogP contribution in [0.5, 0.6) is 23.0 Å². The number of urea groups is 1. The van der Waals surface area contributed by atoms with E-state index >= 15 is 0 Å². The molecule has 2 amide bonds. The number of hydrogen-bond donors (Lipinski definition) is 4. The number of pyridine rings is 1. The van der Waals surface area contributed by atoms with Crippen LogP contribution >= 0.6 is 0 Å². The van der Waals surface area contributed by atoms with Gasteiger partial charge in [0.1, 0.15) is 11.5 Å². The van der Waals surface area contributed by atoms with Crippen molar-refractivity contribution in [3.05, 3.63) is 76.7 Å². The molecule has 0 saturated heterocycles. The summed E-state index contributed by atoms with van der Waals surface area (Å²) in [6.07, 6.45) is 0.922. The number of amides is 2. The van der Waals surface area contributed by atoms with Crippen LogP contribution in [-0.4, -0.2) is 33.9 Å². The van der Waals surface area contributed by atoms with E-state index < -0.39 is 35.8 Å². The van der Waals surface area contributed by atoms with Gasteiger partial charge in [-0.3, -0.25) is 9.59 Å². The number of aryl methyl sites for hydroxylation is 1. The highest BCUT2D eigenvalue weighted by molar-refractivity contribution is 5.91. The van der Waals surface area contributed by atoms with Gasteiger partial charge in [0.25, 0.3) is 5.56 Å². The third kappa shape index (κ3) is 5.82. The fourth-order valence-electron chi connectivity index (χ4n) is 3.10. The van der Waals surface area contributed by atoms with Crippen molar-refractivity contribution < 1.29 is 29.3 Å². The van der Waals surface area contributed by atoms with Crippen molar-refractivity contribution in [3.63, 3.8) is 0 Å². The summed E-state index contributed by atoms with van der Waals surface area (Å²) >= 11 is 0. The summed E-state index contributed by atoms with van der Waals surface area (Å²) in [6.45, 7) is 0. The first kappa shape index (κ1) is 23.2. The summed E-state index contributed by atoms with van der Waals surface area (Å²) in [6, 6.07) is 13.1. The highest BCUT2D eigenvalue weighted by Crippen LogP contribution is 2.32. The number of para-hydroxylation sites is 2. The van der Waals surface area contributed by atoms with Crippen molar-refractivity contribution in [2.24, 2.45) is 7.05 Å². The van der Waals surface area contributed by atoms with Crippen molar-refractivity contribution in [1.82, 2.24) is 9.88 Å². The normalized spacial score (nSPS) is 11.3. The number of aromatic hydroxyl groups is 1.